The summed E-state index contributed by atoms with van der Waals surface area (Å²) in [4.78, 5) is 15.2. The quantitative estimate of drug-likeness (QED) is 0.705. The van der Waals surface area contributed by atoms with Gasteiger partial charge in [-0.1, -0.05) is 30.3 Å². The summed E-state index contributed by atoms with van der Waals surface area (Å²) >= 11 is 1.66. The number of aliphatic hydroxyl groups is 1. The van der Waals surface area contributed by atoms with Crippen molar-refractivity contribution in [2.24, 2.45) is 0 Å². The van der Waals surface area contributed by atoms with Gasteiger partial charge in [-0.2, -0.15) is 0 Å². The number of nitrogens with zero attached hydrogens (tertiary/aromatic N) is 4. The van der Waals surface area contributed by atoms with Crippen molar-refractivity contribution in [2.75, 3.05) is 51.3 Å². The smallest absolute Gasteiger partial charge is 0.158 e. The van der Waals surface area contributed by atoms with Gasteiger partial charge in [-0.3, -0.25) is 4.90 Å². The van der Waals surface area contributed by atoms with Gasteiger partial charge in [-0.15, -0.1) is 11.3 Å². The van der Waals surface area contributed by atoms with Crippen molar-refractivity contribution in [2.45, 2.75) is 6.61 Å². The summed E-state index contributed by atoms with van der Waals surface area (Å²) in [6, 6.07) is 10.4. The zero-order chi connectivity index (χ0) is 18.6. The molecule has 1 fully saturated rings. The molecule has 7 heteroatoms. The number of ether oxygens (including phenoxy) is 1. The Labute approximate surface area is 163 Å². The molecule has 1 aliphatic rings. The minimum atomic E-state index is 0.207. The van der Waals surface area contributed by atoms with E-state index in [0.717, 1.165) is 54.6 Å². The van der Waals surface area contributed by atoms with Crippen LogP contribution in [0.2, 0.25) is 0 Å². The molecule has 0 radical (unpaired) electrons. The Bertz CT molecular complexity index is 892. The van der Waals surface area contributed by atoms with E-state index in [1.54, 1.807) is 18.4 Å². The monoisotopic (exact) mass is 384 g/mol. The first-order valence-electron chi connectivity index (χ1n) is 9.21. The fourth-order valence-electron chi connectivity index (χ4n) is 3.54. The molecule has 142 valence electrons. The number of hydrogen-bond acceptors (Lipinski definition) is 7. The third kappa shape index (κ3) is 3.82. The molecule has 0 aliphatic carbocycles. The Morgan fingerprint density at radius 2 is 1.89 bits per heavy atom. The molecular formula is C20H24N4O2S. The van der Waals surface area contributed by atoms with Gasteiger partial charge < -0.3 is 14.7 Å². The highest BCUT2D eigenvalue weighted by molar-refractivity contribution is 7.17. The lowest BCUT2D eigenvalue weighted by Gasteiger charge is -2.35. The van der Waals surface area contributed by atoms with E-state index in [9.17, 15) is 5.11 Å². The summed E-state index contributed by atoms with van der Waals surface area (Å²) in [6.07, 6.45) is 0. The number of piperazine rings is 1. The van der Waals surface area contributed by atoms with E-state index < -0.39 is 0 Å². The zero-order valence-electron chi connectivity index (χ0n) is 15.5. The molecule has 4 rings (SSSR count). The lowest BCUT2D eigenvalue weighted by Crippen LogP contribution is -2.47. The molecule has 0 spiro atoms. The highest BCUT2D eigenvalue weighted by Gasteiger charge is 2.23. The van der Waals surface area contributed by atoms with Gasteiger partial charge in [0.15, 0.2) is 5.82 Å². The van der Waals surface area contributed by atoms with Crippen molar-refractivity contribution in [3.05, 3.63) is 41.5 Å². The molecule has 6 nitrogen and oxygen atoms in total. The summed E-state index contributed by atoms with van der Waals surface area (Å²) in [5, 5.41) is 12.5. The van der Waals surface area contributed by atoms with Gasteiger partial charge in [0.2, 0.25) is 0 Å². The zero-order valence-corrected chi connectivity index (χ0v) is 16.3. The van der Waals surface area contributed by atoms with Crippen molar-refractivity contribution in [1.29, 1.82) is 0 Å². The number of aromatic nitrogens is 2. The van der Waals surface area contributed by atoms with Crippen molar-refractivity contribution < 1.29 is 9.84 Å². The predicted molar refractivity (Wildman–Crippen MR) is 109 cm³/mol. The van der Waals surface area contributed by atoms with Crippen LogP contribution in [0, 0.1) is 0 Å². The van der Waals surface area contributed by atoms with Crippen LogP contribution >= 0.6 is 11.3 Å². The first-order valence-corrected chi connectivity index (χ1v) is 10.1. The Hall–Kier alpha value is -2.06. The predicted octanol–water partition coefficient (Wildman–Crippen LogP) is 2.62. The second kappa shape index (κ2) is 8.31. The molecule has 2 aromatic heterocycles. The number of β-amino-alcohol motifs (C(OH)–C–C–N with tert-alkyl or cyclic N) is 1. The van der Waals surface area contributed by atoms with Crippen molar-refractivity contribution in [3.63, 3.8) is 0 Å². The van der Waals surface area contributed by atoms with Crippen LogP contribution in [-0.4, -0.2) is 66.4 Å². The van der Waals surface area contributed by atoms with Gasteiger partial charge in [0.25, 0.3) is 0 Å². The molecule has 3 heterocycles. The Morgan fingerprint density at radius 1 is 1.11 bits per heavy atom. The number of benzene rings is 1. The second-order valence-electron chi connectivity index (χ2n) is 6.64. The van der Waals surface area contributed by atoms with Gasteiger partial charge in [0.1, 0.15) is 17.3 Å². The van der Waals surface area contributed by atoms with E-state index >= 15 is 0 Å². The molecule has 1 aliphatic heterocycles. The summed E-state index contributed by atoms with van der Waals surface area (Å²) in [6.45, 7) is 4.98. The summed E-state index contributed by atoms with van der Waals surface area (Å²) < 4.78 is 5.28. The second-order valence-corrected chi connectivity index (χ2v) is 7.50. The molecule has 0 bridgehead atoms. The molecule has 0 saturated carbocycles. The maximum absolute atomic E-state index is 9.18. The maximum Gasteiger partial charge on any atom is 0.158 e. The number of thiophene rings is 1. The third-order valence-electron chi connectivity index (χ3n) is 4.91. The van der Waals surface area contributed by atoms with Crippen LogP contribution in [0.4, 0.5) is 5.82 Å². The highest BCUT2D eigenvalue weighted by atomic mass is 32.1. The summed E-state index contributed by atoms with van der Waals surface area (Å²) in [5.41, 5.74) is 2.37. The Morgan fingerprint density at radius 3 is 2.59 bits per heavy atom. The molecule has 0 unspecified atom stereocenters. The Balaban J connectivity index is 1.76. The number of aliphatic hydroxyl groups excluding tert-OH is 1. The topological polar surface area (TPSA) is 61.7 Å². The lowest BCUT2D eigenvalue weighted by molar-refractivity contribution is 0.177. The van der Waals surface area contributed by atoms with Gasteiger partial charge >= 0.3 is 0 Å². The molecule has 0 atom stereocenters. The minimum absolute atomic E-state index is 0.207. The standard InChI is InChI=1S/C20H24N4O2S/c1-26-13-17-21-19(24-9-7-23(8-10-24)11-12-25)18-16(14-27-20(18)22-17)15-5-3-2-4-6-15/h2-6,14,25H,7-13H2,1H3. The van der Waals surface area contributed by atoms with Crippen LogP contribution in [0.3, 0.4) is 0 Å². The van der Waals surface area contributed by atoms with Gasteiger partial charge in [0, 0.05) is 50.8 Å². The van der Waals surface area contributed by atoms with Crippen molar-refractivity contribution in [3.8, 4) is 11.1 Å². The fraction of sp³-hybridized carbons (Fsp3) is 0.400. The molecule has 1 N–H and O–H groups in total. The number of methoxy groups -OCH3 is 1. The SMILES string of the molecule is COCc1nc(N2CCN(CCO)CC2)c2c(-c3ccccc3)csc2n1. The molecule has 1 saturated heterocycles. The Kier molecular flexibility index (Phi) is 5.63. The molecule has 0 amide bonds. The van der Waals surface area contributed by atoms with Gasteiger partial charge in [-0.05, 0) is 5.56 Å². The third-order valence-corrected chi connectivity index (χ3v) is 5.78. The normalized spacial score (nSPS) is 15.6. The van der Waals surface area contributed by atoms with E-state index in [2.05, 4.69) is 39.4 Å². The summed E-state index contributed by atoms with van der Waals surface area (Å²) in [7, 11) is 1.67. The van der Waals surface area contributed by atoms with Crippen LogP contribution in [0.25, 0.3) is 21.3 Å². The van der Waals surface area contributed by atoms with Crippen LogP contribution in [0.1, 0.15) is 5.82 Å². The molecule has 3 aromatic rings. The number of hydrogen-bond donors (Lipinski definition) is 1. The van der Waals surface area contributed by atoms with E-state index in [4.69, 9.17) is 14.7 Å². The average Bonchev–Trinajstić information content (AvgIpc) is 3.13. The van der Waals surface area contributed by atoms with Crippen molar-refractivity contribution in [1.82, 2.24) is 14.9 Å². The largest absolute Gasteiger partial charge is 0.395 e. The maximum atomic E-state index is 9.18. The van der Waals surface area contributed by atoms with E-state index in [1.807, 2.05) is 6.07 Å². The number of rotatable bonds is 6. The molecule has 1 aromatic carbocycles. The summed E-state index contributed by atoms with van der Waals surface area (Å²) in [5.74, 6) is 1.72. The van der Waals surface area contributed by atoms with Crippen LogP contribution in [-0.2, 0) is 11.3 Å². The fourth-order valence-corrected chi connectivity index (χ4v) is 4.50. The molecule has 27 heavy (non-hydrogen) atoms. The van der Waals surface area contributed by atoms with E-state index in [1.165, 1.54) is 11.1 Å². The van der Waals surface area contributed by atoms with E-state index in [0.29, 0.717) is 6.61 Å². The van der Waals surface area contributed by atoms with E-state index in [-0.39, 0.29) is 6.61 Å². The number of anilines is 1. The van der Waals surface area contributed by atoms with Crippen molar-refractivity contribution >= 4 is 27.4 Å². The highest BCUT2D eigenvalue weighted by Crippen LogP contribution is 2.38. The van der Waals surface area contributed by atoms with Crippen LogP contribution < -0.4 is 4.90 Å². The lowest BCUT2D eigenvalue weighted by atomic mass is 10.1. The van der Waals surface area contributed by atoms with Gasteiger partial charge in [-0.25, -0.2) is 9.97 Å². The molecular weight excluding hydrogens is 360 g/mol. The minimum Gasteiger partial charge on any atom is -0.395 e. The average molecular weight is 385 g/mol. The van der Waals surface area contributed by atoms with Crippen LogP contribution in [0.15, 0.2) is 35.7 Å². The first kappa shape index (κ1) is 18.3. The van der Waals surface area contributed by atoms with Crippen LogP contribution in [0.5, 0.6) is 0 Å². The number of fused-ring (bicyclic) bond motifs is 1. The van der Waals surface area contributed by atoms with Gasteiger partial charge in [0.05, 0.1) is 12.0 Å². The first-order chi connectivity index (χ1) is 13.3.